The van der Waals surface area contributed by atoms with Gasteiger partial charge in [0.2, 0.25) is 5.09 Å². The lowest BCUT2D eigenvalue weighted by atomic mass is 10.1. The predicted octanol–water partition coefficient (Wildman–Crippen LogP) is -0.886. The van der Waals surface area contributed by atoms with E-state index < -0.39 is 33.9 Å². The highest BCUT2D eigenvalue weighted by Crippen LogP contribution is 2.15. The van der Waals surface area contributed by atoms with Crippen LogP contribution in [0.4, 0.5) is 0 Å². The molecule has 1 heterocycles. The van der Waals surface area contributed by atoms with Gasteiger partial charge in [-0.1, -0.05) is 0 Å². The highest BCUT2D eigenvalue weighted by Gasteiger charge is 2.31. The average Bonchev–Trinajstić information content (AvgIpc) is 2.77. The molecule has 0 aromatic carbocycles. The Morgan fingerprint density at radius 3 is 2.41 bits per heavy atom. The Labute approximate surface area is 98.1 Å². The largest absolute Gasteiger partial charge is 0.440 e. The van der Waals surface area contributed by atoms with E-state index in [-0.39, 0.29) is 5.76 Å². The summed E-state index contributed by atoms with van der Waals surface area (Å²) >= 11 is 0. The van der Waals surface area contributed by atoms with Gasteiger partial charge in [0.25, 0.3) is 10.0 Å². The summed E-state index contributed by atoms with van der Waals surface area (Å²) in [6.45, 7) is 0.169. The van der Waals surface area contributed by atoms with E-state index in [2.05, 4.69) is 4.72 Å². The minimum Gasteiger partial charge on any atom is -0.440 e. The number of carbonyl (C=O) groups excluding carboxylic acids is 1. The predicted molar refractivity (Wildman–Crippen MR) is 57.0 cm³/mol. The number of furan rings is 1. The molecule has 0 spiro atoms. The monoisotopic (exact) mass is 263 g/mol. The number of sulfonamides is 1. The van der Waals surface area contributed by atoms with Crippen LogP contribution in [-0.2, 0) is 10.0 Å². The quantitative estimate of drug-likeness (QED) is 0.573. The molecule has 7 nitrogen and oxygen atoms in total. The number of hydrogen-bond acceptors (Lipinski definition) is 6. The molecular formula is C9H13NO6S. The number of aliphatic hydroxyl groups excluding tert-OH is 2. The SMILES string of the molecule is CC(CO)(CO)NS(=O)(=O)c1ccc(C=O)o1. The molecule has 1 aromatic heterocycles. The maximum atomic E-state index is 11.8. The number of carbonyl (C=O) groups is 1. The first-order chi connectivity index (χ1) is 7.87. The van der Waals surface area contributed by atoms with Gasteiger partial charge in [0, 0.05) is 0 Å². The zero-order valence-electron chi connectivity index (χ0n) is 9.08. The topological polar surface area (TPSA) is 117 Å². The molecule has 0 bridgehead atoms. The van der Waals surface area contributed by atoms with Gasteiger partial charge in [-0.25, -0.2) is 8.42 Å². The van der Waals surface area contributed by atoms with E-state index in [4.69, 9.17) is 14.6 Å². The van der Waals surface area contributed by atoms with Crippen LogP contribution in [0.2, 0.25) is 0 Å². The molecule has 0 radical (unpaired) electrons. The fourth-order valence-electron chi connectivity index (χ4n) is 1.03. The highest BCUT2D eigenvalue weighted by atomic mass is 32.2. The van der Waals surface area contributed by atoms with Gasteiger partial charge in [0.15, 0.2) is 12.0 Å². The second-order valence-electron chi connectivity index (χ2n) is 3.76. The summed E-state index contributed by atoms with van der Waals surface area (Å²) < 4.78 is 30.3. The summed E-state index contributed by atoms with van der Waals surface area (Å²) in [4.78, 5) is 10.4. The van der Waals surface area contributed by atoms with Crippen molar-refractivity contribution >= 4 is 16.3 Å². The number of hydrogen-bond donors (Lipinski definition) is 3. The van der Waals surface area contributed by atoms with Crippen LogP contribution in [-0.4, -0.2) is 43.7 Å². The molecule has 0 amide bonds. The van der Waals surface area contributed by atoms with Gasteiger partial charge in [-0.15, -0.1) is 0 Å². The first-order valence-electron chi connectivity index (χ1n) is 4.67. The van der Waals surface area contributed by atoms with Crippen molar-refractivity contribution in [2.45, 2.75) is 17.6 Å². The molecule has 1 aromatic rings. The molecule has 17 heavy (non-hydrogen) atoms. The molecule has 0 aliphatic carbocycles. The Morgan fingerprint density at radius 2 is 2.00 bits per heavy atom. The summed E-state index contributed by atoms with van der Waals surface area (Å²) in [5.41, 5.74) is -1.40. The number of aliphatic hydroxyl groups is 2. The van der Waals surface area contributed by atoms with Crippen molar-refractivity contribution in [1.82, 2.24) is 4.72 Å². The molecular weight excluding hydrogens is 250 g/mol. The Bertz CT molecular complexity index is 487. The van der Waals surface area contributed by atoms with Crippen LogP contribution in [0.5, 0.6) is 0 Å². The summed E-state index contributed by atoms with van der Waals surface area (Å²) in [6.07, 6.45) is 0.371. The molecule has 3 N–H and O–H groups in total. The number of rotatable bonds is 6. The normalized spacial score (nSPS) is 12.6. The Balaban J connectivity index is 3.00. The lowest BCUT2D eigenvalue weighted by Crippen LogP contribution is -2.51. The van der Waals surface area contributed by atoms with E-state index >= 15 is 0 Å². The van der Waals surface area contributed by atoms with E-state index in [1.807, 2.05) is 0 Å². The van der Waals surface area contributed by atoms with Gasteiger partial charge in [-0.2, -0.15) is 4.72 Å². The van der Waals surface area contributed by atoms with Gasteiger partial charge >= 0.3 is 0 Å². The van der Waals surface area contributed by atoms with Gasteiger partial charge in [0.05, 0.1) is 18.8 Å². The maximum Gasteiger partial charge on any atom is 0.274 e. The molecule has 0 fully saturated rings. The third-order valence-electron chi connectivity index (χ3n) is 2.06. The van der Waals surface area contributed by atoms with Crippen molar-refractivity contribution in [3.05, 3.63) is 17.9 Å². The summed E-state index contributed by atoms with van der Waals surface area (Å²) in [7, 11) is -4.03. The van der Waals surface area contributed by atoms with Crippen LogP contribution in [0, 0.1) is 0 Å². The van der Waals surface area contributed by atoms with E-state index in [0.717, 1.165) is 6.07 Å². The third-order valence-corrected chi connectivity index (χ3v) is 3.57. The second kappa shape index (κ2) is 4.96. The van der Waals surface area contributed by atoms with Crippen molar-refractivity contribution in [1.29, 1.82) is 0 Å². The fraction of sp³-hybridized carbons (Fsp3) is 0.444. The summed E-state index contributed by atoms with van der Waals surface area (Å²) in [5, 5.41) is 17.5. The zero-order valence-corrected chi connectivity index (χ0v) is 9.90. The van der Waals surface area contributed by atoms with Crippen LogP contribution < -0.4 is 4.72 Å². The highest BCUT2D eigenvalue weighted by molar-refractivity contribution is 7.89. The Hall–Kier alpha value is -1.22. The van der Waals surface area contributed by atoms with Crippen LogP contribution in [0.1, 0.15) is 17.5 Å². The van der Waals surface area contributed by atoms with Crippen molar-refractivity contribution in [3.63, 3.8) is 0 Å². The van der Waals surface area contributed by atoms with E-state index in [1.54, 1.807) is 0 Å². The average molecular weight is 263 g/mol. The molecule has 0 saturated carbocycles. The third kappa shape index (κ3) is 3.13. The first-order valence-corrected chi connectivity index (χ1v) is 6.16. The van der Waals surface area contributed by atoms with Crippen LogP contribution in [0.15, 0.2) is 21.6 Å². The minimum absolute atomic E-state index is 0.125. The van der Waals surface area contributed by atoms with Crippen LogP contribution in [0.25, 0.3) is 0 Å². The van der Waals surface area contributed by atoms with Crippen molar-refractivity contribution in [3.8, 4) is 0 Å². The molecule has 96 valence electrons. The smallest absolute Gasteiger partial charge is 0.274 e. The number of nitrogens with one attached hydrogen (secondary N) is 1. The fourth-order valence-corrected chi connectivity index (χ4v) is 2.36. The zero-order chi connectivity index (χ0) is 13.1. The first kappa shape index (κ1) is 13.8. The molecule has 0 atom stereocenters. The van der Waals surface area contributed by atoms with Crippen molar-refractivity contribution < 1.29 is 27.8 Å². The van der Waals surface area contributed by atoms with Crippen molar-refractivity contribution in [2.24, 2.45) is 0 Å². The van der Waals surface area contributed by atoms with E-state index in [1.165, 1.54) is 13.0 Å². The van der Waals surface area contributed by atoms with Gasteiger partial charge in [-0.05, 0) is 19.1 Å². The number of aldehydes is 1. The molecule has 0 unspecified atom stereocenters. The standard InChI is InChI=1S/C9H13NO6S/c1-9(5-12,6-13)10-17(14,15)8-3-2-7(4-11)16-8/h2-4,10,12-13H,5-6H2,1H3. The van der Waals surface area contributed by atoms with Gasteiger partial charge in [0.1, 0.15) is 0 Å². The second-order valence-corrected chi connectivity index (χ2v) is 5.37. The Morgan fingerprint density at radius 1 is 1.41 bits per heavy atom. The Kier molecular flexibility index (Phi) is 4.04. The van der Waals surface area contributed by atoms with Crippen LogP contribution >= 0.6 is 0 Å². The summed E-state index contributed by atoms with van der Waals surface area (Å²) in [5.74, 6) is -0.125. The lowest BCUT2D eigenvalue weighted by molar-refractivity contribution is 0.109. The van der Waals surface area contributed by atoms with Crippen molar-refractivity contribution in [2.75, 3.05) is 13.2 Å². The van der Waals surface area contributed by atoms with Gasteiger partial charge < -0.3 is 14.6 Å². The van der Waals surface area contributed by atoms with Crippen LogP contribution in [0.3, 0.4) is 0 Å². The molecule has 0 aliphatic heterocycles. The lowest BCUT2D eigenvalue weighted by Gasteiger charge is -2.24. The molecule has 0 aliphatic rings. The maximum absolute atomic E-state index is 11.8. The van der Waals surface area contributed by atoms with E-state index in [9.17, 15) is 13.2 Å². The van der Waals surface area contributed by atoms with E-state index in [0.29, 0.717) is 6.29 Å². The van der Waals surface area contributed by atoms with Gasteiger partial charge in [-0.3, -0.25) is 4.79 Å². The summed E-state index contributed by atoms with van der Waals surface area (Å²) in [6, 6.07) is 2.32. The minimum atomic E-state index is -4.03. The molecule has 1 rings (SSSR count). The molecule has 0 saturated heterocycles. The molecule has 8 heteroatoms.